The number of carbonyl (C=O) groups excluding carboxylic acids is 4. The van der Waals surface area contributed by atoms with Gasteiger partial charge in [0.25, 0.3) is 5.91 Å². The van der Waals surface area contributed by atoms with Crippen molar-refractivity contribution in [3.63, 3.8) is 0 Å². The Kier molecular flexibility index (Phi) is 8.47. The molecule has 212 valence electrons. The first kappa shape index (κ1) is 27.7. The molecule has 2 heterocycles. The molecule has 0 aromatic heterocycles. The number of urea groups is 1. The molecule has 5 rings (SSSR count). The van der Waals surface area contributed by atoms with Crippen molar-refractivity contribution < 1.29 is 28.7 Å². The van der Waals surface area contributed by atoms with Crippen molar-refractivity contribution >= 4 is 23.8 Å². The number of carbonyl (C=O) groups is 4. The highest BCUT2D eigenvalue weighted by atomic mass is 16.5. The van der Waals surface area contributed by atoms with E-state index in [-0.39, 0.29) is 36.9 Å². The second-order valence-corrected chi connectivity index (χ2v) is 9.96. The molecule has 2 aliphatic heterocycles. The third-order valence-electron chi connectivity index (χ3n) is 6.99. The Bertz CT molecular complexity index is 1430. The molecular weight excluding hydrogens is 524 g/mol. The molecule has 1 atom stereocenters. The lowest BCUT2D eigenvalue weighted by Crippen LogP contribution is -2.37. The number of nitrogens with one attached hydrogen (secondary N) is 2. The molecule has 3 aromatic carbocycles. The molecule has 41 heavy (non-hydrogen) atoms. The van der Waals surface area contributed by atoms with Gasteiger partial charge < -0.3 is 29.9 Å². The molecule has 0 spiro atoms. The summed E-state index contributed by atoms with van der Waals surface area (Å²) in [5, 5.41) is 5.77. The number of amides is 4. The molecule has 2 aliphatic rings. The van der Waals surface area contributed by atoms with E-state index in [0.29, 0.717) is 55.3 Å². The fourth-order valence-electron chi connectivity index (χ4n) is 4.88. The number of rotatable bonds is 10. The van der Waals surface area contributed by atoms with Gasteiger partial charge in [-0.3, -0.25) is 9.59 Å². The fraction of sp³-hybridized carbons (Fsp3) is 0.290. The van der Waals surface area contributed by atoms with Crippen LogP contribution in [0.5, 0.6) is 11.5 Å². The first-order valence-corrected chi connectivity index (χ1v) is 13.6. The van der Waals surface area contributed by atoms with Crippen LogP contribution in [-0.2, 0) is 22.6 Å². The van der Waals surface area contributed by atoms with E-state index < -0.39 is 5.97 Å². The number of hydrogen-bond acceptors (Lipinski definition) is 6. The molecular formula is C31H32N4O6. The predicted octanol–water partition coefficient (Wildman–Crippen LogP) is 3.71. The van der Waals surface area contributed by atoms with Crippen LogP contribution in [0.4, 0.5) is 4.79 Å². The maximum atomic E-state index is 13.2. The smallest absolute Gasteiger partial charge is 0.338 e. The minimum atomic E-state index is -0.425. The Labute approximate surface area is 238 Å². The summed E-state index contributed by atoms with van der Waals surface area (Å²) in [6.45, 7) is 4.37. The van der Waals surface area contributed by atoms with Crippen molar-refractivity contribution in [3.05, 3.63) is 95.1 Å². The third kappa shape index (κ3) is 6.84. The van der Waals surface area contributed by atoms with Gasteiger partial charge in [-0.1, -0.05) is 36.4 Å². The molecule has 0 bridgehead atoms. The normalized spacial score (nSPS) is 16.5. The van der Waals surface area contributed by atoms with E-state index in [1.54, 1.807) is 59.2 Å². The van der Waals surface area contributed by atoms with E-state index in [1.807, 2.05) is 30.3 Å². The number of likely N-dealkylation sites (tertiary alicyclic amines) is 1. The Morgan fingerprint density at radius 1 is 0.951 bits per heavy atom. The van der Waals surface area contributed by atoms with Crippen LogP contribution in [0, 0.1) is 0 Å². The highest BCUT2D eigenvalue weighted by molar-refractivity contribution is 5.95. The van der Waals surface area contributed by atoms with Gasteiger partial charge >= 0.3 is 12.0 Å². The minimum Gasteiger partial charge on any atom is -0.462 e. The summed E-state index contributed by atoms with van der Waals surface area (Å²) in [6, 6.07) is 20.9. The summed E-state index contributed by atoms with van der Waals surface area (Å²) in [7, 11) is 0. The molecule has 1 unspecified atom stereocenters. The second-order valence-electron chi connectivity index (χ2n) is 9.96. The summed E-state index contributed by atoms with van der Waals surface area (Å²) >= 11 is 0. The van der Waals surface area contributed by atoms with Crippen molar-refractivity contribution in [2.75, 3.05) is 26.2 Å². The van der Waals surface area contributed by atoms with Gasteiger partial charge in [0.2, 0.25) is 5.91 Å². The molecule has 3 aromatic rings. The van der Waals surface area contributed by atoms with Crippen LogP contribution in [0.15, 0.2) is 72.8 Å². The predicted molar refractivity (Wildman–Crippen MR) is 150 cm³/mol. The van der Waals surface area contributed by atoms with Gasteiger partial charge in [0.1, 0.15) is 11.5 Å². The highest BCUT2D eigenvalue weighted by Crippen LogP contribution is 2.29. The first-order valence-electron chi connectivity index (χ1n) is 13.6. The Morgan fingerprint density at radius 2 is 1.71 bits per heavy atom. The standard InChI is InChI=1S/C31H32N4O6/c1-2-40-30(38)22-10-12-26(13-11-22)41-27-16-23(8-9-24(27)19-34-15-14-32-31(34)39)29(37)33-25-17-28(36)35(20-25)18-21-6-4-3-5-7-21/h3-13,16,25H,2,14-15,17-20H2,1H3,(H,32,39)(H,33,37). The summed E-state index contributed by atoms with van der Waals surface area (Å²) in [4.78, 5) is 53.4. The van der Waals surface area contributed by atoms with E-state index in [1.165, 1.54) is 0 Å². The highest BCUT2D eigenvalue weighted by Gasteiger charge is 2.31. The molecule has 0 saturated carbocycles. The molecule has 4 amide bonds. The Balaban J connectivity index is 1.31. The Hall–Kier alpha value is -4.86. The lowest BCUT2D eigenvalue weighted by atomic mass is 10.1. The van der Waals surface area contributed by atoms with Crippen LogP contribution in [0.2, 0.25) is 0 Å². The lowest BCUT2D eigenvalue weighted by molar-refractivity contribution is -0.128. The zero-order chi connectivity index (χ0) is 28.8. The van der Waals surface area contributed by atoms with Gasteiger partial charge in [0, 0.05) is 43.7 Å². The van der Waals surface area contributed by atoms with Gasteiger partial charge in [0.15, 0.2) is 0 Å². The molecule has 2 fully saturated rings. The quantitative estimate of drug-likeness (QED) is 0.368. The molecule has 2 N–H and O–H groups in total. The van der Waals surface area contributed by atoms with E-state index in [4.69, 9.17) is 9.47 Å². The van der Waals surface area contributed by atoms with E-state index in [2.05, 4.69) is 10.6 Å². The summed E-state index contributed by atoms with van der Waals surface area (Å²) in [5.74, 6) is 0.118. The van der Waals surface area contributed by atoms with Gasteiger partial charge in [-0.05, 0) is 48.9 Å². The third-order valence-corrected chi connectivity index (χ3v) is 6.99. The van der Waals surface area contributed by atoms with Gasteiger partial charge in [-0.25, -0.2) is 9.59 Å². The average molecular weight is 557 g/mol. The SMILES string of the molecule is CCOC(=O)c1ccc(Oc2cc(C(=O)NC3CC(=O)N(Cc4ccccc4)C3)ccc2CN2CCNC2=O)cc1. The van der Waals surface area contributed by atoms with Crippen molar-refractivity contribution in [1.82, 2.24) is 20.4 Å². The topological polar surface area (TPSA) is 117 Å². The van der Waals surface area contributed by atoms with Crippen molar-refractivity contribution in [3.8, 4) is 11.5 Å². The molecule has 0 aliphatic carbocycles. The monoisotopic (exact) mass is 556 g/mol. The minimum absolute atomic E-state index is 0.00585. The van der Waals surface area contributed by atoms with E-state index >= 15 is 0 Å². The number of benzene rings is 3. The average Bonchev–Trinajstić information content (AvgIpc) is 3.54. The number of ether oxygens (including phenoxy) is 2. The zero-order valence-corrected chi connectivity index (χ0v) is 22.8. The number of nitrogens with zero attached hydrogens (tertiary/aromatic N) is 2. The zero-order valence-electron chi connectivity index (χ0n) is 22.8. The summed E-state index contributed by atoms with van der Waals surface area (Å²) in [6.07, 6.45) is 0.233. The fourth-order valence-corrected chi connectivity index (χ4v) is 4.88. The molecule has 0 radical (unpaired) electrons. The van der Waals surface area contributed by atoms with Crippen molar-refractivity contribution in [1.29, 1.82) is 0 Å². The molecule has 2 saturated heterocycles. The van der Waals surface area contributed by atoms with Crippen LogP contribution in [0.1, 0.15) is 45.2 Å². The van der Waals surface area contributed by atoms with E-state index in [9.17, 15) is 19.2 Å². The number of esters is 1. The molecule has 10 heteroatoms. The van der Waals surface area contributed by atoms with Crippen LogP contribution in [0.3, 0.4) is 0 Å². The van der Waals surface area contributed by atoms with Gasteiger partial charge in [-0.2, -0.15) is 0 Å². The van der Waals surface area contributed by atoms with Gasteiger partial charge in [-0.15, -0.1) is 0 Å². The first-order chi connectivity index (χ1) is 19.9. The maximum Gasteiger partial charge on any atom is 0.338 e. The van der Waals surface area contributed by atoms with Crippen molar-refractivity contribution in [2.45, 2.75) is 32.5 Å². The van der Waals surface area contributed by atoms with Crippen LogP contribution < -0.4 is 15.4 Å². The van der Waals surface area contributed by atoms with Crippen LogP contribution >= 0.6 is 0 Å². The van der Waals surface area contributed by atoms with Crippen LogP contribution in [0.25, 0.3) is 0 Å². The maximum absolute atomic E-state index is 13.2. The largest absolute Gasteiger partial charge is 0.462 e. The van der Waals surface area contributed by atoms with E-state index in [0.717, 1.165) is 11.1 Å². The lowest BCUT2D eigenvalue weighted by Gasteiger charge is -2.19. The molecule has 10 nitrogen and oxygen atoms in total. The Morgan fingerprint density at radius 3 is 2.41 bits per heavy atom. The summed E-state index contributed by atoms with van der Waals surface area (Å²) < 4.78 is 11.2. The number of hydrogen-bond donors (Lipinski definition) is 2. The van der Waals surface area contributed by atoms with Gasteiger partial charge in [0.05, 0.1) is 24.8 Å². The second kappa shape index (κ2) is 12.5. The summed E-state index contributed by atoms with van der Waals surface area (Å²) in [5.41, 5.74) is 2.52. The van der Waals surface area contributed by atoms with Crippen LogP contribution in [-0.4, -0.2) is 65.9 Å². The van der Waals surface area contributed by atoms with Crippen molar-refractivity contribution in [2.24, 2.45) is 0 Å².